The molecule has 1 aromatic carbocycles. The second-order valence-corrected chi connectivity index (χ2v) is 4.28. The van der Waals surface area contributed by atoms with Crippen molar-refractivity contribution >= 4 is 15.9 Å². The van der Waals surface area contributed by atoms with Gasteiger partial charge < -0.3 is 5.11 Å². The van der Waals surface area contributed by atoms with Crippen molar-refractivity contribution in [2.75, 3.05) is 0 Å². The Labute approximate surface area is 96.5 Å². The van der Waals surface area contributed by atoms with E-state index in [9.17, 15) is 5.11 Å². The number of hydrogen-bond acceptors (Lipinski definition) is 2. The summed E-state index contributed by atoms with van der Waals surface area (Å²) in [5.41, 5.74) is 1.51. The number of aliphatic hydroxyl groups is 1. The van der Waals surface area contributed by atoms with E-state index in [1.165, 1.54) is 0 Å². The summed E-state index contributed by atoms with van der Waals surface area (Å²) < 4.78 is 2.68. The van der Waals surface area contributed by atoms with Crippen LogP contribution in [0.3, 0.4) is 0 Å². The van der Waals surface area contributed by atoms with Crippen LogP contribution in [-0.4, -0.2) is 14.9 Å². The first-order chi connectivity index (χ1) is 7.16. The number of halogens is 1. The third-order valence-electron chi connectivity index (χ3n) is 2.20. The van der Waals surface area contributed by atoms with E-state index in [1.807, 2.05) is 43.6 Å². The fourth-order valence-electron chi connectivity index (χ4n) is 1.39. The molecule has 0 spiro atoms. The molecule has 0 saturated carbocycles. The number of rotatable bonds is 2. The number of aryl methyl sites for hydroxylation is 1. The number of benzene rings is 1. The van der Waals surface area contributed by atoms with Gasteiger partial charge in [-0.25, -0.2) is 0 Å². The van der Waals surface area contributed by atoms with Crippen molar-refractivity contribution in [3.05, 3.63) is 52.3 Å². The van der Waals surface area contributed by atoms with Crippen molar-refractivity contribution in [3.8, 4) is 0 Å². The SMILES string of the molecule is Cn1ccc(C(O)c2ccc(Br)cc2)n1. The molecule has 0 saturated heterocycles. The van der Waals surface area contributed by atoms with Gasteiger partial charge in [-0.15, -0.1) is 0 Å². The summed E-state index contributed by atoms with van der Waals surface area (Å²) in [6, 6.07) is 9.38. The minimum atomic E-state index is -0.653. The Morgan fingerprint density at radius 2 is 1.93 bits per heavy atom. The number of aromatic nitrogens is 2. The molecule has 0 radical (unpaired) electrons. The first-order valence-corrected chi connectivity index (χ1v) is 5.39. The Morgan fingerprint density at radius 1 is 1.27 bits per heavy atom. The van der Waals surface area contributed by atoms with Crippen molar-refractivity contribution in [1.29, 1.82) is 0 Å². The lowest BCUT2D eigenvalue weighted by atomic mass is 10.1. The van der Waals surface area contributed by atoms with Crippen LogP contribution < -0.4 is 0 Å². The van der Waals surface area contributed by atoms with Crippen LogP contribution >= 0.6 is 15.9 Å². The lowest BCUT2D eigenvalue weighted by Gasteiger charge is -2.07. The van der Waals surface area contributed by atoms with Crippen LogP contribution in [0.15, 0.2) is 41.0 Å². The lowest BCUT2D eigenvalue weighted by molar-refractivity contribution is 0.214. The fraction of sp³-hybridized carbons (Fsp3) is 0.182. The van der Waals surface area contributed by atoms with Gasteiger partial charge in [0, 0.05) is 17.7 Å². The Kier molecular flexibility index (Phi) is 2.88. The first kappa shape index (κ1) is 10.4. The van der Waals surface area contributed by atoms with Crippen LogP contribution in [0.25, 0.3) is 0 Å². The van der Waals surface area contributed by atoms with Crippen LogP contribution in [-0.2, 0) is 7.05 Å². The molecule has 1 heterocycles. The Balaban J connectivity index is 2.28. The quantitative estimate of drug-likeness (QED) is 0.906. The normalized spacial score (nSPS) is 12.7. The van der Waals surface area contributed by atoms with Gasteiger partial charge in [0.1, 0.15) is 6.10 Å². The van der Waals surface area contributed by atoms with Crippen molar-refractivity contribution in [1.82, 2.24) is 9.78 Å². The Hall–Kier alpha value is -1.13. The molecule has 78 valence electrons. The molecule has 2 rings (SSSR count). The predicted octanol–water partition coefficient (Wildman–Crippen LogP) is 2.26. The van der Waals surface area contributed by atoms with Gasteiger partial charge >= 0.3 is 0 Å². The van der Waals surface area contributed by atoms with Gasteiger partial charge in [-0.2, -0.15) is 5.10 Å². The number of aliphatic hydroxyl groups excluding tert-OH is 1. The number of hydrogen-bond donors (Lipinski definition) is 1. The van der Waals surface area contributed by atoms with E-state index < -0.39 is 6.10 Å². The smallest absolute Gasteiger partial charge is 0.123 e. The zero-order valence-corrected chi connectivity index (χ0v) is 9.85. The maximum Gasteiger partial charge on any atom is 0.123 e. The zero-order valence-electron chi connectivity index (χ0n) is 8.26. The van der Waals surface area contributed by atoms with Gasteiger partial charge in [-0.3, -0.25) is 4.68 Å². The lowest BCUT2D eigenvalue weighted by Crippen LogP contribution is -2.01. The monoisotopic (exact) mass is 266 g/mol. The topological polar surface area (TPSA) is 38.0 Å². The van der Waals surface area contributed by atoms with Crippen LogP contribution in [0.1, 0.15) is 17.4 Å². The second kappa shape index (κ2) is 4.16. The highest BCUT2D eigenvalue weighted by molar-refractivity contribution is 9.10. The minimum absolute atomic E-state index is 0.653. The van der Waals surface area contributed by atoms with Gasteiger partial charge in [-0.05, 0) is 23.8 Å². The van der Waals surface area contributed by atoms with Gasteiger partial charge in [0.05, 0.1) is 5.69 Å². The molecule has 0 aliphatic rings. The van der Waals surface area contributed by atoms with Gasteiger partial charge in [0.2, 0.25) is 0 Å². The van der Waals surface area contributed by atoms with Gasteiger partial charge in [-0.1, -0.05) is 28.1 Å². The van der Waals surface area contributed by atoms with E-state index in [1.54, 1.807) is 4.68 Å². The molecule has 1 unspecified atom stereocenters. The molecule has 1 atom stereocenters. The summed E-state index contributed by atoms with van der Waals surface area (Å²) in [5, 5.41) is 14.2. The van der Waals surface area contributed by atoms with E-state index in [-0.39, 0.29) is 0 Å². The fourth-order valence-corrected chi connectivity index (χ4v) is 1.66. The van der Waals surface area contributed by atoms with Crippen molar-refractivity contribution in [3.63, 3.8) is 0 Å². The largest absolute Gasteiger partial charge is 0.382 e. The highest BCUT2D eigenvalue weighted by atomic mass is 79.9. The molecule has 0 aliphatic carbocycles. The van der Waals surface area contributed by atoms with Crippen LogP contribution in [0.4, 0.5) is 0 Å². The zero-order chi connectivity index (χ0) is 10.8. The first-order valence-electron chi connectivity index (χ1n) is 4.60. The van der Waals surface area contributed by atoms with E-state index in [4.69, 9.17) is 0 Å². The average Bonchev–Trinajstić information content (AvgIpc) is 2.65. The Morgan fingerprint density at radius 3 is 2.47 bits per heavy atom. The highest BCUT2D eigenvalue weighted by Crippen LogP contribution is 2.21. The molecular weight excluding hydrogens is 256 g/mol. The molecule has 0 aliphatic heterocycles. The third kappa shape index (κ3) is 2.27. The molecule has 1 N–H and O–H groups in total. The molecule has 0 bridgehead atoms. The maximum absolute atomic E-state index is 10.0. The molecule has 2 aromatic rings. The summed E-state index contributed by atoms with van der Waals surface area (Å²) in [6.45, 7) is 0. The average molecular weight is 267 g/mol. The Bertz CT molecular complexity index is 450. The molecule has 4 heteroatoms. The van der Waals surface area contributed by atoms with E-state index in [0.29, 0.717) is 5.69 Å². The van der Waals surface area contributed by atoms with Crippen molar-refractivity contribution < 1.29 is 5.11 Å². The summed E-state index contributed by atoms with van der Waals surface area (Å²) in [7, 11) is 1.83. The minimum Gasteiger partial charge on any atom is -0.382 e. The molecular formula is C11H11BrN2O. The van der Waals surface area contributed by atoms with Crippen molar-refractivity contribution in [2.24, 2.45) is 7.05 Å². The number of nitrogens with zero attached hydrogens (tertiary/aromatic N) is 2. The standard InChI is InChI=1S/C11H11BrN2O/c1-14-7-6-10(13-14)11(15)8-2-4-9(12)5-3-8/h2-7,11,15H,1H3. The predicted molar refractivity (Wildman–Crippen MR) is 61.4 cm³/mol. The summed E-state index contributed by atoms with van der Waals surface area (Å²) in [4.78, 5) is 0. The maximum atomic E-state index is 10.0. The van der Waals surface area contributed by atoms with Gasteiger partial charge in [0.15, 0.2) is 0 Å². The van der Waals surface area contributed by atoms with Crippen LogP contribution in [0.5, 0.6) is 0 Å². The van der Waals surface area contributed by atoms with E-state index in [2.05, 4.69) is 21.0 Å². The van der Waals surface area contributed by atoms with Crippen LogP contribution in [0, 0.1) is 0 Å². The molecule has 0 fully saturated rings. The second-order valence-electron chi connectivity index (χ2n) is 3.37. The van der Waals surface area contributed by atoms with Crippen molar-refractivity contribution in [2.45, 2.75) is 6.10 Å². The third-order valence-corrected chi connectivity index (χ3v) is 2.73. The molecule has 3 nitrogen and oxygen atoms in total. The highest BCUT2D eigenvalue weighted by Gasteiger charge is 2.12. The summed E-state index contributed by atoms with van der Waals surface area (Å²) in [6.07, 6.45) is 1.16. The van der Waals surface area contributed by atoms with Gasteiger partial charge in [0.25, 0.3) is 0 Å². The molecule has 15 heavy (non-hydrogen) atoms. The molecule has 0 amide bonds. The summed E-state index contributed by atoms with van der Waals surface area (Å²) in [5.74, 6) is 0. The summed E-state index contributed by atoms with van der Waals surface area (Å²) >= 11 is 3.35. The molecule has 1 aromatic heterocycles. The van der Waals surface area contributed by atoms with E-state index in [0.717, 1.165) is 10.0 Å². The van der Waals surface area contributed by atoms with Crippen LogP contribution in [0.2, 0.25) is 0 Å². The van der Waals surface area contributed by atoms with E-state index >= 15 is 0 Å².